The summed E-state index contributed by atoms with van der Waals surface area (Å²) in [6.07, 6.45) is 0. The molecule has 1 fully saturated rings. The third-order valence-corrected chi connectivity index (χ3v) is 3.16. The van der Waals surface area contributed by atoms with Gasteiger partial charge < -0.3 is 15.0 Å². The molecule has 1 saturated heterocycles. The van der Waals surface area contributed by atoms with Gasteiger partial charge in [0.2, 0.25) is 0 Å². The number of ether oxygens (including phenoxy) is 1. The summed E-state index contributed by atoms with van der Waals surface area (Å²) in [6.45, 7) is 4.23. The molecular formula is C13H18ClFN2O2. The molecule has 106 valence electrons. The smallest absolute Gasteiger partial charge is 0.254 e. The summed E-state index contributed by atoms with van der Waals surface area (Å²) in [4.78, 5) is 14.1. The van der Waals surface area contributed by atoms with Crippen molar-refractivity contribution in [2.45, 2.75) is 13.0 Å². The minimum Gasteiger partial charge on any atom is -0.494 e. The molecule has 0 aliphatic carbocycles. The topological polar surface area (TPSA) is 41.6 Å². The SMILES string of the molecule is COc1cc(C(=O)N2CCNC[C@@H]2C)ccc1F.Cl. The highest BCUT2D eigenvalue weighted by Crippen LogP contribution is 2.20. The second-order valence-corrected chi connectivity index (χ2v) is 4.40. The quantitative estimate of drug-likeness (QED) is 0.900. The molecule has 0 radical (unpaired) electrons. The highest BCUT2D eigenvalue weighted by Gasteiger charge is 2.24. The first-order valence-corrected chi connectivity index (χ1v) is 5.98. The summed E-state index contributed by atoms with van der Waals surface area (Å²) in [5.74, 6) is -0.437. The number of hydrogen-bond acceptors (Lipinski definition) is 3. The van der Waals surface area contributed by atoms with Crippen LogP contribution < -0.4 is 10.1 Å². The molecule has 2 rings (SSSR count). The molecule has 0 aromatic heterocycles. The van der Waals surface area contributed by atoms with Gasteiger partial charge in [0.15, 0.2) is 11.6 Å². The lowest BCUT2D eigenvalue weighted by Crippen LogP contribution is -2.52. The van der Waals surface area contributed by atoms with Crippen LogP contribution in [0.4, 0.5) is 4.39 Å². The van der Waals surface area contributed by atoms with Gasteiger partial charge in [-0.1, -0.05) is 0 Å². The third-order valence-electron chi connectivity index (χ3n) is 3.16. The molecular weight excluding hydrogens is 271 g/mol. The van der Waals surface area contributed by atoms with Crippen molar-refractivity contribution in [1.82, 2.24) is 10.2 Å². The zero-order valence-corrected chi connectivity index (χ0v) is 11.8. The third kappa shape index (κ3) is 3.36. The van der Waals surface area contributed by atoms with Crippen LogP contribution in [0.1, 0.15) is 17.3 Å². The maximum Gasteiger partial charge on any atom is 0.254 e. The van der Waals surface area contributed by atoms with Gasteiger partial charge in [0, 0.05) is 31.2 Å². The van der Waals surface area contributed by atoms with Crippen LogP contribution in [0.5, 0.6) is 5.75 Å². The van der Waals surface area contributed by atoms with E-state index in [1.807, 2.05) is 6.92 Å². The summed E-state index contributed by atoms with van der Waals surface area (Å²) in [5, 5.41) is 3.22. The Morgan fingerprint density at radius 2 is 2.26 bits per heavy atom. The average molecular weight is 289 g/mol. The summed E-state index contributed by atoms with van der Waals surface area (Å²) in [7, 11) is 1.39. The monoisotopic (exact) mass is 288 g/mol. The normalized spacial score (nSPS) is 18.7. The molecule has 0 unspecified atom stereocenters. The molecule has 0 saturated carbocycles. The number of benzene rings is 1. The molecule has 4 nitrogen and oxygen atoms in total. The van der Waals surface area contributed by atoms with Crippen LogP contribution in [-0.4, -0.2) is 43.6 Å². The zero-order valence-electron chi connectivity index (χ0n) is 11.0. The standard InChI is InChI=1S/C13H17FN2O2.ClH/c1-9-8-15-5-6-16(9)13(17)10-3-4-11(14)12(7-10)18-2;/h3-4,7,9,15H,5-6,8H2,1-2H3;1H/t9-;/m0./s1. The summed E-state index contributed by atoms with van der Waals surface area (Å²) < 4.78 is 18.2. The fourth-order valence-electron chi connectivity index (χ4n) is 2.10. The summed E-state index contributed by atoms with van der Waals surface area (Å²) in [5.41, 5.74) is 0.460. The second kappa shape index (κ2) is 6.73. The minimum atomic E-state index is -0.456. The van der Waals surface area contributed by atoms with Crippen molar-refractivity contribution in [2.24, 2.45) is 0 Å². The lowest BCUT2D eigenvalue weighted by atomic mass is 10.1. The van der Waals surface area contributed by atoms with Gasteiger partial charge in [-0.3, -0.25) is 4.79 Å². The van der Waals surface area contributed by atoms with Crippen LogP contribution in [0.25, 0.3) is 0 Å². The number of piperazine rings is 1. The van der Waals surface area contributed by atoms with Gasteiger partial charge in [-0.2, -0.15) is 0 Å². The molecule has 1 aromatic carbocycles. The average Bonchev–Trinajstić information content (AvgIpc) is 2.39. The predicted octanol–water partition coefficient (Wildman–Crippen LogP) is 1.69. The first-order chi connectivity index (χ1) is 8.63. The van der Waals surface area contributed by atoms with E-state index in [0.29, 0.717) is 12.1 Å². The van der Waals surface area contributed by atoms with Gasteiger partial charge in [-0.25, -0.2) is 4.39 Å². The van der Waals surface area contributed by atoms with Crippen LogP contribution in [0, 0.1) is 5.82 Å². The fraction of sp³-hybridized carbons (Fsp3) is 0.462. The molecule has 1 amide bonds. The second-order valence-electron chi connectivity index (χ2n) is 4.40. The molecule has 1 aromatic rings. The Bertz CT molecular complexity index is 456. The van der Waals surface area contributed by atoms with Gasteiger partial charge >= 0.3 is 0 Å². The van der Waals surface area contributed by atoms with Crippen LogP contribution >= 0.6 is 12.4 Å². The number of amides is 1. The number of nitrogens with one attached hydrogen (secondary N) is 1. The van der Waals surface area contributed by atoms with Crippen molar-refractivity contribution in [3.63, 3.8) is 0 Å². The number of halogens is 2. The van der Waals surface area contributed by atoms with Gasteiger partial charge in [0.25, 0.3) is 5.91 Å². The van der Waals surface area contributed by atoms with Crippen molar-refractivity contribution < 1.29 is 13.9 Å². The number of hydrogen-bond donors (Lipinski definition) is 1. The Morgan fingerprint density at radius 3 is 2.89 bits per heavy atom. The van der Waals surface area contributed by atoms with Crippen LogP contribution in [0.2, 0.25) is 0 Å². The fourth-order valence-corrected chi connectivity index (χ4v) is 2.10. The van der Waals surface area contributed by atoms with Crippen molar-refractivity contribution >= 4 is 18.3 Å². The molecule has 0 spiro atoms. The lowest BCUT2D eigenvalue weighted by molar-refractivity contribution is 0.0655. The van der Waals surface area contributed by atoms with Crippen molar-refractivity contribution in [2.75, 3.05) is 26.7 Å². The van der Waals surface area contributed by atoms with E-state index >= 15 is 0 Å². The van der Waals surface area contributed by atoms with Gasteiger partial charge in [-0.15, -0.1) is 12.4 Å². The molecule has 0 bridgehead atoms. The Hall–Kier alpha value is -1.33. The summed E-state index contributed by atoms with van der Waals surface area (Å²) >= 11 is 0. The van der Waals surface area contributed by atoms with Crippen molar-refractivity contribution in [3.05, 3.63) is 29.6 Å². The number of rotatable bonds is 2. The lowest BCUT2D eigenvalue weighted by Gasteiger charge is -2.34. The number of methoxy groups -OCH3 is 1. The van der Waals surface area contributed by atoms with E-state index in [0.717, 1.165) is 13.1 Å². The van der Waals surface area contributed by atoms with E-state index < -0.39 is 5.82 Å². The molecule has 1 aliphatic rings. The Morgan fingerprint density at radius 1 is 1.53 bits per heavy atom. The van der Waals surface area contributed by atoms with E-state index in [1.165, 1.54) is 25.3 Å². The van der Waals surface area contributed by atoms with Crippen LogP contribution in [0.15, 0.2) is 18.2 Å². The highest BCUT2D eigenvalue weighted by atomic mass is 35.5. The molecule has 6 heteroatoms. The number of nitrogens with zero attached hydrogens (tertiary/aromatic N) is 1. The van der Waals surface area contributed by atoms with E-state index in [1.54, 1.807) is 4.90 Å². The van der Waals surface area contributed by atoms with E-state index in [2.05, 4.69) is 5.32 Å². The maximum atomic E-state index is 13.3. The molecule has 1 atom stereocenters. The van der Waals surface area contributed by atoms with E-state index in [-0.39, 0.29) is 30.1 Å². The van der Waals surface area contributed by atoms with E-state index in [9.17, 15) is 9.18 Å². The van der Waals surface area contributed by atoms with Gasteiger partial charge in [0.05, 0.1) is 7.11 Å². The summed E-state index contributed by atoms with van der Waals surface area (Å²) in [6, 6.07) is 4.35. The first kappa shape index (κ1) is 15.7. The predicted molar refractivity (Wildman–Crippen MR) is 73.6 cm³/mol. The Labute approximate surface area is 118 Å². The van der Waals surface area contributed by atoms with Crippen LogP contribution in [-0.2, 0) is 0 Å². The maximum absolute atomic E-state index is 13.3. The van der Waals surface area contributed by atoms with Crippen molar-refractivity contribution in [3.8, 4) is 5.75 Å². The molecule has 1 N–H and O–H groups in total. The van der Waals surface area contributed by atoms with Gasteiger partial charge in [0.1, 0.15) is 0 Å². The molecule has 19 heavy (non-hydrogen) atoms. The van der Waals surface area contributed by atoms with Crippen LogP contribution in [0.3, 0.4) is 0 Å². The number of carbonyl (C=O) groups excluding carboxylic acids is 1. The van der Waals surface area contributed by atoms with E-state index in [4.69, 9.17) is 4.74 Å². The highest BCUT2D eigenvalue weighted by molar-refractivity contribution is 5.95. The van der Waals surface area contributed by atoms with Gasteiger partial charge in [-0.05, 0) is 25.1 Å². The first-order valence-electron chi connectivity index (χ1n) is 5.98. The largest absolute Gasteiger partial charge is 0.494 e. The zero-order chi connectivity index (χ0) is 13.1. The van der Waals surface area contributed by atoms with Crippen molar-refractivity contribution in [1.29, 1.82) is 0 Å². The molecule has 1 heterocycles. The Kier molecular flexibility index (Phi) is 5.57. The molecule has 1 aliphatic heterocycles. The Balaban J connectivity index is 0.00000180. The number of carbonyl (C=O) groups is 1. The minimum absolute atomic E-state index is 0.